The number of hydrogen-bond donors (Lipinski definition) is 2. The molecule has 0 saturated heterocycles. The van der Waals surface area contributed by atoms with Crippen molar-refractivity contribution < 1.29 is 19.0 Å². The number of nitrogens with one attached hydrogen (secondary N) is 2. The van der Waals surface area contributed by atoms with Crippen molar-refractivity contribution in [3.8, 4) is 39.6 Å². The molecule has 160 valence electrons. The van der Waals surface area contributed by atoms with Crippen LogP contribution in [0.25, 0.3) is 33.4 Å². The molecule has 9 nitrogen and oxygen atoms in total. The molecular weight excluding hydrogens is 414 g/mol. The van der Waals surface area contributed by atoms with E-state index in [0.29, 0.717) is 45.2 Å². The first-order valence-corrected chi connectivity index (χ1v) is 9.63. The van der Waals surface area contributed by atoms with E-state index in [1.165, 1.54) is 21.3 Å². The predicted molar refractivity (Wildman–Crippen MR) is 117 cm³/mol. The van der Waals surface area contributed by atoms with Gasteiger partial charge in [0.15, 0.2) is 17.3 Å². The molecule has 9 heteroatoms. The Balaban J connectivity index is 1.98. The minimum absolute atomic E-state index is 0.0748. The van der Waals surface area contributed by atoms with Crippen LogP contribution in [0.1, 0.15) is 15.9 Å². The average Bonchev–Trinajstić information content (AvgIpc) is 3.08. The molecule has 5 rings (SSSR count). The Morgan fingerprint density at radius 1 is 0.812 bits per heavy atom. The molecular formula is C23H17N3O6. The number of methoxy groups -OCH3 is 3. The molecule has 0 radical (unpaired) electrons. The van der Waals surface area contributed by atoms with Crippen molar-refractivity contribution in [1.29, 1.82) is 0 Å². The topological polar surface area (TPSA) is 123 Å². The van der Waals surface area contributed by atoms with Crippen molar-refractivity contribution in [2.75, 3.05) is 21.3 Å². The summed E-state index contributed by atoms with van der Waals surface area (Å²) >= 11 is 0. The lowest BCUT2D eigenvalue weighted by atomic mass is 9.94. The highest BCUT2D eigenvalue weighted by Gasteiger charge is 2.34. The number of hydrogen-bond acceptors (Lipinski definition) is 7. The van der Waals surface area contributed by atoms with Gasteiger partial charge in [0.1, 0.15) is 5.65 Å². The molecule has 4 aromatic rings. The third-order valence-corrected chi connectivity index (χ3v) is 5.49. The van der Waals surface area contributed by atoms with E-state index in [2.05, 4.69) is 15.0 Å². The van der Waals surface area contributed by atoms with E-state index in [1.54, 1.807) is 36.4 Å². The monoisotopic (exact) mass is 431 g/mol. The van der Waals surface area contributed by atoms with Gasteiger partial charge < -0.3 is 14.2 Å². The molecule has 0 atom stereocenters. The SMILES string of the molecule is COc1cc(-c2c3c(nc4[nH]c(=O)[nH]c(=O)c24)-c2ccccc2C3=O)cc(OC)c1OC. The zero-order valence-electron chi connectivity index (χ0n) is 17.4. The first-order chi connectivity index (χ1) is 15.5. The van der Waals surface area contributed by atoms with Gasteiger partial charge >= 0.3 is 5.69 Å². The second kappa shape index (κ2) is 7.09. The van der Waals surface area contributed by atoms with Gasteiger partial charge in [0.05, 0.1) is 38.0 Å². The number of pyridine rings is 1. The maximum Gasteiger partial charge on any atom is 0.327 e. The lowest BCUT2D eigenvalue weighted by Gasteiger charge is -2.16. The first kappa shape index (κ1) is 19.6. The fraction of sp³-hybridized carbons (Fsp3) is 0.130. The summed E-state index contributed by atoms with van der Waals surface area (Å²) in [5, 5.41) is 0.0822. The van der Waals surface area contributed by atoms with Gasteiger partial charge in [0, 0.05) is 16.7 Å². The van der Waals surface area contributed by atoms with Crippen LogP contribution in [0.5, 0.6) is 17.2 Å². The smallest absolute Gasteiger partial charge is 0.327 e. The van der Waals surface area contributed by atoms with Crippen LogP contribution >= 0.6 is 0 Å². The van der Waals surface area contributed by atoms with Crippen LogP contribution in [-0.4, -0.2) is 42.1 Å². The van der Waals surface area contributed by atoms with E-state index in [-0.39, 0.29) is 22.4 Å². The third-order valence-electron chi connectivity index (χ3n) is 5.49. The number of benzene rings is 2. The highest BCUT2D eigenvalue weighted by atomic mass is 16.5. The fourth-order valence-electron chi connectivity index (χ4n) is 4.15. The molecule has 2 aromatic heterocycles. The van der Waals surface area contributed by atoms with Gasteiger partial charge in [-0.1, -0.05) is 24.3 Å². The number of aromatic amines is 2. The molecule has 1 aliphatic rings. The molecule has 2 N–H and O–H groups in total. The first-order valence-electron chi connectivity index (χ1n) is 9.63. The summed E-state index contributed by atoms with van der Waals surface area (Å²) in [6, 6.07) is 10.3. The van der Waals surface area contributed by atoms with Crippen LogP contribution in [0.15, 0.2) is 46.0 Å². The molecule has 0 amide bonds. The Morgan fingerprint density at radius 2 is 1.47 bits per heavy atom. The largest absolute Gasteiger partial charge is 0.493 e. The van der Waals surface area contributed by atoms with E-state index in [9.17, 15) is 14.4 Å². The van der Waals surface area contributed by atoms with Gasteiger partial charge in [-0.2, -0.15) is 0 Å². The summed E-state index contributed by atoms with van der Waals surface area (Å²) in [5.41, 5.74) is 1.28. The molecule has 2 heterocycles. The molecule has 0 aliphatic heterocycles. The minimum atomic E-state index is -0.691. The lowest BCUT2D eigenvalue weighted by Crippen LogP contribution is -2.23. The van der Waals surface area contributed by atoms with E-state index < -0.39 is 11.2 Å². The van der Waals surface area contributed by atoms with Gasteiger partial charge in [-0.05, 0) is 17.7 Å². The number of fused-ring (bicyclic) bond motifs is 4. The van der Waals surface area contributed by atoms with Crippen molar-refractivity contribution in [2.24, 2.45) is 0 Å². The molecule has 0 fully saturated rings. The zero-order valence-corrected chi connectivity index (χ0v) is 17.4. The Labute approximate surface area is 180 Å². The Morgan fingerprint density at radius 3 is 2.09 bits per heavy atom. The van der Waals surface area contributed by atoms with Crippen molar-refractivity contribution in [3.05, 3.63) is 68.4 Å². The van der Waals surface area contributed by atoms with Crippen molar-refractivity contribution >= 4 is 16.8 Å². The zero-order chi connectivity index (χ0) is 22.6. The number of ketones is 1. The van der Waals surface area contributed by atoms with Crippen molar-refractivity contribution in [3.63, 3.8) is 0 Å². The molecule has 32 heavy (non-hydrogen) atoms. The summed E-state index contributed by atoms with van der Waals surface area (Å²) in [7, 11) is 4.43. The standard InChI is InChI=1S/C23H17N3O6/c1-30-13-8-10(9-14(31-2)20(13)32-3)15-16-18(11-6-4-5-7-12(11)19(16)27)24-21-17(15)22(28)26-23(29)25-21/h4-9H,1-3H3,(H2,24,25,26,28,29). The molecule has 2 aromatic carbocycles. The van der Waals surface area contributed by atoms with E-state index in [1.807, 2.05) is 0 Å². The summed E-state index contributed by atoms with van der Waals surface area (Å²) in [5.74, 6) is 0.804. The second-order valence-electron chi connectivity index (χ2n) is 7.13. The van der Waals surface area contributed by atoms with Gasteiger partial charge in [0.25, 0.3) is 5.56 Å². The normalized spacial score (nSPS) is 11.9. The van der Waals surface area contributed by atoms with Crippen LogP contribution in [0.2, 0.25) is 0 Å². The molecule has 0 bridgehead atoms. The van der Waals surface area contributed by atoms with Gasteiger partial charge in [0.2, 0.25) is 5.75 Å². The van der Waals surface area contributed by atoms with Crippen LogP contribution in [0, 0.1) is 0 Å². The van der Waals surface area contributed by atoms with Crippen molar-refractivity contribution in [1.82, 2.24) is 15.0 Å². The van der Waals surface area contributed by atoms with Crippen LogP contribution < -0.4 is 25.5 Å². The highest BCUT2D eigenvalue weighted by molar-refractivity contribution is 6.26. The third kappa shape index (κ3) is 2.64. The number of nitrogens with zero attached hydrogens (tertiary/aromatic N) is 1. The summed E-state index contributed by atoms with van der Waals surface area (Å²) in [4.78, 5) is 47.6. The van der Waals surface area contributed by atoms with Gasteiger partial charge in [-0.15, -0.1) is 0 Å². The fourth-order valence-corrected chi connectivity index (χ4v) is 4.15. The van der Waals surface area contributed by atoms with Crippen molar-refractivity contribution in [2.45, 2.75) is 0 Å². The molecule has 0 unspecified atom stereocenters. The number of ether oxygens (including phenoxy) is 3. The van der Waals surface area contributed by atoms with E-state index >= 15 is 0 Å². The predicted octanol–water partition coefficient (Wildman–Crippen LogP) is 2.52. The second-order valence-corrected chi connectivity index (χ2v) is 7.13. The number of carbonyl (C=O) groups excluding carboxylic acids is 1. The lowest BCUT2D eigenvalue weighted by molar-refractivity contribution is 0.104. The molecule has 1 aliphatic carbocycles. The van der Waals surface area contributed by atoms with E-state index in [0.717, 1.165) is 0 Å². The minimum Gasteiger partial charge on any atom is -0.493 e. The van der Waals surface area contributed by atoms with Gasteiger partial charge in [-0.3, -0.25) is 19.6 Å². The van der Waals surface area contributed by atoms with Crippen LogP contribution in [0.3, 0.4) is 0 Å². The number of H-pyrrole nitrogens is 2. The average molecular weight is 431 g/mol. The number of carbonyl (C=O) groups is 1. The number of aromatic nitrogens is 3. The maximum atomic E-state index is 13.4. The quantitative estimate of drug-likeness (QED) is 0.448. The molecule has 0 spiro atoms. The highest BCUT2D eigenvalue weighted by Crippen LogP contribution is 2.46. The van der Waals surface area contributed by atoms with Crippen LogP contribution in [0.4, 0.5) is 0 Å². The van der Waals surface area contributed by atoms with Crippen LogP contribution in [-0.2, 0) is 0 Å². The summed E-state index contributed by atoms with van der Waals surface area (Å²) < 4.78 is 16.3. The van der Waals surface area contributed by atoms with E-state index in [4.69, 9.17) is 14.2 Å². The molecule has 0 saturated carbocycles. The van der Waals surface area contributed by atoms with Gasteiger partial charge in [-0.25, -0.2) is 9.78 Å². The summed E-state index contributed by atoms with van der Waals surface area (Å²) in [6.45, 7) is 0. The Hall–Kier alpha value is -4.40. The summed E-state index contributed by atoms with van der Waals surface area (Å²) in [6.07, 6.45) is 0. The number of rotatable bonds is 4. The Bertz CT molecular complexity index is 1530. The maximum absolute atomic E-state index is 13.4. The Kier molecular flexibility index (Phi) is 4.33.